The van der Waals surface area contributed by atoms with Crippen LogP contribution in [0.15, 0.2) is 0 Å². The summed E-state index contributed by atoms with van der Waals surface area (Å²) in [6.45, 7) is 2.57. The molecule has 116 valence electrons. The van der Waals surface area contributed by atoms with Gasteiger partial charge < -0.3 is 15.2 Å². The minimum absolute atomic E-state index is 0.00982. The SMILES string of the molecule is COC1CCCN(C2CCCC(CO)(NC3CC3)C2)C1. The molecule has 3 rings (SSSR count). The first-order valence-electron chi connectivity index (χ1n) is 8.40. The second kappa shape index (κ2) is 6.30. The second-order valence-electron chi connectivity index (χ2n) is 7.10. The van der Waals surface area contributed by atoms with Gasteiger partial charge in [0.15, 0.2) is 0 Å². The number of hydrogen-bond donors (Lipinski definition) is 2. The molecule has 0 bridgehead atoms. The highest BCUT2D eigenvalue weighted by atomic mass is 16.5. The van der Waals surface area contributed by atoms with E-state index in [0.29, 0.717) is 24.8 Å². The molecule has 0 aromatic carbocycles. The van der Waals surface area contributed by atoms with Gasteiger partial charge in [-0.15, -0.1) is 0 Å². The molecule has 3 fully saturated rings. The van der Waals surface area contributed by atoms with Crippen LogP contribution in [-0.2, 0) is 4.74 Å². The summed E-state index contributed by atoms with van der Waals surface area (Å²) in [5.74, 6) is 0. The van der Waals surface area contributed by atoms with Crippen LogP contribution in [0.4, 0.5) is 0 Å². The molecule has 1 aliphatic heterocycles. The van der Waals surface area contributed by atoms with Crippen molar-refractivity contribution in [1.82, 2.24) is 10.2 Å². The first kappa shape index (κ1) is 14.8. The van der Waals surface area contributed by atoms with Crippen molar-refractivity contribution in [1.29, 1.82) is 0 Å². The third-order valence-corrected chi connectivity index (χ3v) is 5.47. The third kappa shape index (κ3) is 3.35. The van der Waals surface area contributed by atoms with Crippen LogP contribution < -0.4 is 5.32 Å². The molecule has 20 heavy (non-hydrogen) atoms. The average Bonchev–Trinajstić information content (AvgIpc) is 3.31. The smallest absolute Gasteiger partial charge is 0.0698 e. The van der Waals surface area contributed by atoms with Crippen LogP contribution in [0.3, 0.4) is 0 Å². The van der Waals surface area contributed by atoms with Gasteiger partial charge in [0, 0.05) is 31.3 Å². The van der Waals surface area contributed by atoms with Gasteiger partial charge in [0.05, 0.1) is 12.7 Å². The molecular formula is C16H30N2O2. The predicted molar refractivity (Wildman–Crippen MR) is 79.8 cm³/mol. The van der Waals surface area contributed by atoms with E-state index in [-0.39, 0.29) is 5.54 Å². The fraction of sp³-hybridized carbons (Fsp3) is 1.00. The van der Waals surface area contributed by atoms with Crippen LogP contribution in [0.2, 0.25) is 0 Å². The molecule has 3 atom stereocenters. The number of nitrogens with one attached hydrogen (secondary N) is 1. The van der Waals surface area contributed by atoms with Crippen molar-refractivity contribution in [3.63, 3.8) is 0 Å². The molecule has 2 aliphatic carbocycles. The number of aliphatic hydroxyl groups is 1. The van der Waals surface area contributed by atoms with E-state index in [1.54, 1.807) is 0 Å². The van der Waals surface area contributed by atoms with Crippen molar-refractivity contribution in [2.75, 3.05) is 26.8 Å². The number of hydrogen-bond acceptors (Lipinski definition) is 4. The van der Waals surface area contributed by atoms with Gasteiger partial charge in [-0.2, -0.15) is 0 Å². The molecule has 0 amide bonds. The summed E-state index contributed by atoms with van der Waals surface area (Å²) in [5, 5.41) is 13.7. The Labute approximate surface area is 122 Å². The molecule has 2 saturated carbocycles. The van der Waals surface area contributed by atoms with Crippen molar-refractivity contribution < 1.29 is 9.84 Å². The standard InChI is InChI=1S/C16H30N2O2/c1-20-15-5-3-9-18(11-15)14-4-2-8-16(10-14,12-19)17-13-6-7-13/h13-15,17,19H,2-12H2,1H3. The zero-order valence-corrected chi connectivity index (χ0v) is 12.8. The zero-order valence-electron chi connectivity index (χ0n) is 12.8. The topological polar surface area (TPSA) is 44.7 Å². The van der Waals surface area contributed by atoms with E-state index < -0.39 is 0 Å². The summed E-state index contributed by atoms with van der Waals surface area (Å²) in [6, 6.07) is 1.30. The molecule has 0 radical (unpaired) electrons. The van der Waals surface area contributed by atoms with Crippen molar-refractivity contribution in [3.8, 4) is 0 Å². The Balaban J connectivity index is 1.61. The number of nitrogens with zero attached hydrogens (tertiary/aromatic N) is 1. The minimum atomic E-state index is -0.00982. The van der Waals surface area contributed by atoms with Gasteiger partial charge in [-0.3, -0.25) is 4.90 Å². The Morgan fingerprint density at radius 1 is 1.25 bits per heavy atom. The Morgan fingerprint density at radius 2 is 2.10 bits per heavy atom. The fourth-order valence-corrected chi connectivity index (χ4v) is 4.11. The van der Waals surface area contributed by atoms with E-state index in [1.165, 1.54) is 45.1 Å². The lowest BCUT2D eigenvalue weighted by Crippen LogP contribution is -2.58. The number of ether oxygens (including phenoxy) is 1. The highest BCUT2D eigenvalue weighted by Gasteiger charge is 2.41. The molecule has 1 saturated heterocycles. The molecule has 3 aliphatic rings. The maximum absolute atomic E-state index is 9.93. The van der Waals surface area contributed by atoms with Crippen LogP contribution in [0.25, 0.3) is 0 Å². The highest BCUT2D eigenvalue weighted by Crippen LogP contribution is 2.35. The van der Waals surface area contributed by atoms with Crippen LogP contribution >= 0.6 is 0 Å². The lowest BCUT2D eigenvalue weighted by molar-refractivity contribution is -0.00931. The monoisotopic (exact) mass is 282 g/mol. The lowest BCUT2D eigenvalue weighted by Gasteiger charge is -2.46. The maximum Gasteiger partial charge on any atom is 0.0698 e. The Morgan fingerprint density at radius 3 is 2.80 bits per heavy atom. The summed E-state index contributed by atoms with van der Waals surface area (Å²) in [6.07, 6.45) is 10.2. The molecule has 4 heteroatoms. The van der Waals surface area contributed by atoms with Crippen molar-refractivity contribution in [2.45, 2.75) is 75.1 Å². The van der Waals surface area contributed by atoms with Gasteiger partial charge in [-0.25, -0.2) is 0 Å². The first-order valence-corrected chi connectivity index (χ1v) is 8.40. The molecule has 1 heterocycles. The Kier molecular flexibility index (Phi) is 4.65. The van der Waals surface area contributed by atoms with Crippen molar-refractivity contribution in [3.05, 3.63) is 0 Å². The molecule has 0 spiro atoms. The quantitative estimate of drug-likeness (QED) is 0.802. The first-order chi connectivity index (χ1) is 9.74. The fourth-order valence-electron chi connectivity index (χ4n) is 4.11. The number of likely N-dealkylation sites (tertiary alicyclic amines) is 1. The minimum Gasteiger partial charge on any atom is -0.394 e. The lowest BCUT2D eigenvalue weighted by atomic mass is 9.78. The van der Waals surface area contributed by atoms with Gasteiger partial charge >= 0.3 is 0 Å². The normalized spacial score (nSPS) is 39.9. The van der Waals surface area contributed by atoms with Gasteiger partial charge in [0.25, 0.3) is 0 Å². The molecule has 2 N–H and O–H groups in total. The van der Waals surface area contributed by atoms with Gasteiger partial charge in [0.2, 0.25) is 0 Å². The number of methoxy groups -OCH3 is 1. The van der Waals surface area contributed by atoms with E-state index in [0.717, 1.165) is 19.4 Å². The zero-order chi connectivity index (χ0) is 14.0. The van der Waals surface area contributed by atoms with Gasteiger partial charge in [-0.1, -0.05) is 0 Å². The van der Waals surface area contributed by atoms with Gasteiger partial charge in [-0.05, 0) is 57.9 Å². The average molecular weight is 282 g/mol. The number of rotatable bonds is 5. The van der Waals surface area contributed by atoms with Crippen LogP contribution in [0.1, 0.15) is 51.4 Å². The predicted octanol–water partition coefficient (Wildman–Crippen LogP) is 1.52. The van der Waals surface area contributed by atoms with E-state index in [2.05, 4.69) is 10.2 Å². The van der Waals surface area contributed by atoms with E-state index in [1.807, 2.05) is 7.11 Å². The summed E-state index contributed by atoms with van der Waals surface area (Å²) in [7, 11) is 1.84. The van der Waals surface area contributed by atoms with Crippen molar-refractivity contribution >= 4 is 0 Å². The summed E-state index contributed by atoms with van der Waals surface area (Å²) < 4.78 is 5.56. The largest absolute Gasteiger partial charge is 0.394 e. The van der Waals surface area contributed by atoms with Crippen LogP contribution in [0.5, 0.6) is 0 Å². The molecule has 3 unspecified atom stereocenters. The second-order valence-corrected chi connectivity index (χ2v) is 7.10. The van der Waals surface area contributed by atoms with Gasteiger partial charge in [0.1, 0.15) is 0 Å². The van der Waals surface area contributed by atoms with Crippen molar-refractivity contribution in [2.24, 2.45) is 0 Å². The number of aliphatic hydroxyl groups excluding tert-OH is 1. The maximum atomic E-state index is 9.93. The summed E-state index contributed by atoms with van der Waals surface area (Å²) >= 11 is 0. The molecular weight excluding hydrogens is 252 g/mol. The third-order valence-electron chi connectivity index (χ3n) is 5.47. The molecule has 0 aromatic heterocycles. The van der Waals surface area contributed by atoms with E-state index >= 15 is 0 Å². The summed E-state index contributed by atoms with van der Waals surface area (Å²) in [5.41, 5.74) is -0.00982. The molecule has 4 nitrogen and oxygen atoms in total. The van der Waals surface area contributed by atoms with E-state index in [9.17, 15) is 5.11 Å². The van der Waals surface area contributed by atoms with E-state index in [4.69, 9.17) is 4.74 Å². The Bertz CT molecular complexity index is 322. The number of piperidine rings is 1. The molecule has 0 aromatic rings. The highest BCUT2D eigenvalue weighted by molar-refractivity contribution is 5.01. The summed E-state index contributed by atoms with van der Waals surface area (Å²) in [4.78, 5) is 2.62. The van der Waals surface area contributed by atoms with Crippen LogP contribution in [0, 0.1) is 0 Å². The van der Waals surface area contributed by atoms with Crippen LogP contribution in [-0.4, -0.2) is 60.5 Å². The Hall–Kier alpha value is -0.160.